The Morgan fingerprint density at radius 2 is 2.18 bits per heavy atom. The molecule has 0 N–H and O–H groups in total. The molecule has 0 saturated heterocycles. The van der Waals surface area contributed by atoms with Crippen LogP contribution in [0, 0.1) is 5.92 Å². The van der Waals surface area contributed by atoms with Crippen LogP contribution in [0.2, 0.25) is 0 Å². The van der Waals surface area contributed by atoms with Crippen LogP contribution in [0.4, 0.5) is 0 Å². The second kappa shape index (κ2) is 5.27. The Labute approximate surface area is 130 Å². The summed E-state index contributed by atoms with van der Waals surface area (Å²) in [5, 5.41) is 0. The first-order valence-electron chi connectivity index (χ1n) is 7.53. The summed E-state index contributed by atoms with van der Waals surface area (Å²) >= 11 is 0. The molecule has 2 atom stereocenters. The summed E-state index contributed by atoms with van der Waals surface area (Å²) in [5.74, 6) is 0.581. The Bertz CT molecular complexity index is 690. The third-order valence-electron chi connectivity index (χ3n) is 4.80. The third kappa shape index (κ3) is 1.90. The first-order chi connectivity index (χ1) is 10.6. The fourth-order valence-electron chi connectivity index (χ4n) is 4.03. The van der Waals surface area contributed by atoms with Crippen molar-refractivity contribution < 1.29 is 14.3 Å². The Balaban J connectivity index is 2.29. The van der Waals surface area contributed by atoms with E-state index < -0.39 is 5.41 Å². The van der Waals surface area contributed by atoms with Gasteiger partial charge in [0.1, 0.15) is 5.41 Å². The van der Waals surface area contributed by atoms with Crippen LogP contribution < -0.4 is 4.74 Å². The van der Waals surface area contributed by atoms with Gasteiger partial charge in [0.25, 0.3) is 0 Å². The van der Waals surface area contributed by atoms with Crippen molar-refractivity contribution in [3.8, 4) is 5.88 Å². The predicted molar refractivity (Wildman–Crippen MR) is 83.8 cm³/mol. The zero-order valence-corrected chi connectivity index (χ0v) is 13.5. The number of ether oxygens (including phenoxy) is 2. The summed E-state index contributed by atoms with van der Waals surface area (Å²) in [6.45, 7) is 4.08. The van der Waals surface area contributed by atoms with Crippen LogP contribution in [-0.2, 0) is 21.4 Å². The number of methoxy groups -OCH3 is 2. The van der Waals surface area contributed by atoms with Crippen molar-refractivity contribution >= 4 is 5.97 Å². The monoisotopic (exact) mass is 299 g/mol. The molecule has 2 aliphatic rings. The number of hydrogen-bond donors (Lipinski definition) is 0. The number of fused-ring (bicyclic) bond motifs is 4. The van der Waals surface area contributed by atoms with Crippen molar-refractivity contribution in [2.45, 2.75) is 32.1 Å². The van der Waals surface area contributed by atoms with E-state index in [-0.39, 0.29) is 11.9 Å². The summed E-state index contributed by atoms with van der Waals surface area (Å²) in [7, 11) is 3.06. The van der Waals surface area contributed by atoms with Gasteiger partial charge in [-0.2, -0.15) is 0 Å². The number of rotatable bonds is 2. The van der Waals surface area contributed by atoms with Gasteiger partial charge < -0.3 is 9.47 Å². The van der Waals surface area contributed by atoms with E-state index in [9.17, 15) is 4.79 Å². The van der Waals surface area contributed by atoms with E-state index in [1.165, 1.54) is 12.7 Å². The topological polar surface area (TPSA) is 48.4 Å². The van der Waals surface area contributed by atoms with Crippen LogP contribution in [-0.4, -0.2) is 25.2 Å². The fourth-order valence-corrected chi connectivity index (χ4v) is 4.03. The van der Waals surface area contributed by atoms with Gasteiger partial charge in [-0.1, -0.05) is 23.8 Å². The highest BCUT2D eigenvalue weighted by molar-refractivity contribution is 5.89. The number of hydrogen-bond acceptors (Lipinski definition) is 4. The number of allylic oxidation sites excluding steroid dienone is 3. The molecule has 4 nitrogen and oxygen atoms in total. The van der Waals surface area contributed by atoms with Gasteiger partial charge >= 0.3 is 5.97 Å². The quantitative estimate of drug-likeness (QED) is 0.622. The molecular weight excluding hydrogens is 278 g/mol. The van der Waals surface area contributed by atoms with Crippen molar-refractivity contribution in [3.05, 3.63) is 46.7 Å². The molecule has 0 aliphatic heterocycles. The molecule has 1 heterocycles. The van der Waals surface area contributed by atoms with E-state index in [0.717, 1.165) is 23.3 Å². The van der Waals surface area contributed by atoms with Crippen molar-refractivity contribution in [2.24, 2.45) is 5.92 Å². The highest BCUT2D eigenvalue weighted by Gasteiger charge is 2.53. The second-order valence-electron chi connectivity index (χ2n) is 5.99. The lowest BCUT2D eigenvalue weighted by atomic mass is 9.58. The molecular formula is C18H21NO3. The molecule has 3 rings (SSSR count). The Kier molecular flexibility index (Phi) is 3.55. The molecule has 4 heteroatoms. The highest BCUT2D eigenvalue weighted by atomic mass is 16.5. The van der Waals surface area contributed by atoms with Crippen molar-refractivity contribution in [1.82, 2.24) is 4.98 Å². The molecule has 0 fully saturated rings. The van der Waals surface area contributed by atoms with Crippen molar-refractivity contribution in [1.29, 1.82) is 0 Å². The number of pyridine rings is 1. The summed E-state index contributed by atoms with van der Waals surface area (Å²) in [5.41, 5.74) is 3.51. The molecule has 0 saturated carbocycles. The van der Waals surface area contributed by atoms with E-state index in [1.807, 2.05) is 19.1 Å². The largest absolute Gasteiger partial charge is 0.481 e. The van der Waals surface area contributed by atoms with Crippen LogP contribution in [0.3, 0.4) is 0 Å². The van der Waals surface area contributed by atoms with Crippen LogP contribution in [0.15, 0.2) is 35.4 Å². The molecule has 2 bridgehead atoms. The van der Waals surface area contributed by atoms with Gasteiger partial charge in [-0.05, 0) is 31.4 Å². The normalized spacial score (nSPS) is 27.9. The van der Waals surface area contributed by atoms with Gasteiger partial charge in [0, 0.05) is 18.4 Å². The second-order valence-corrected chi connectivity index (χ2v) is 5.99. The number of nitrogens with zero attached hydrogens (tertiary/aromatic N) is 1. The lowest BCUT2D eigenvalue weighted by Crippen LogP contribution is -2.47. The maximum absolute atomic E-state index is 12.8. The molecule has 0 radical (unpaired) electrons. The Hall–Kier alpha value is -2.10. The molecule has 1 aromatic rings. The lowest BCUT2D eigenvalue weighted by molar-refractivity contribution is -0.146. The van der Waals surface area contributed by atoms with Gasteiger partial charge in [0.2, 0.25) is 5.88 Å². The van der Waals surface area contributed by atoms with Gasteiger partial charge in [0.15, 0.2) is 0 Å². The van der Waals surface area contributed by atoms with Crippen molar-refractivity contribution in [2.75, 3.05) is 14.2 Å². The number of aromatic nitrogens is 1. The van der Waals surface area contributed by atoms with E-state index in [4.69, 9.17) is 9.47 Å². The fraction of sp³-hybridized carbons (Fsp3) is 0.444. The minimum absolute atomic E-state index is 0.199. The molecule has 0 aromatic carbocycles. The Morgan fingerprint density at radius 3 is 2.82 bits per heavy atom. The van der Waals surface area contributed by atoms with Crippen molar-refractivity contribution in [3.63, 3.8) is 0 Å². The molecule has 2 aliphatic carbocycles. The summed E-state index contributed by atoms with van der Waals surface area (Å²) in [6, 6.07) is 3.79. The van der Waals surface area contributed by atoms with E-state index in [1.54, 1.807) is 7.11 Å². The number of carbonyl (C=O) groups is 1. The summed E-state index contributed by atoms with van der Waals surface area (Å²) in [4.78, 5) is 17.4. The van der Waals surface area contributed by atoms with Crippen LogP contribution >= 0.6 is 0 Å². The standard InChI is InChI=1S/C18H21NO3/c1-5-13-12-8-11(2)10-18(13,17(20)22-4)14-6-7-16(21-3)19-15(14)9-12/h5-8,12H,9-10H2,1-4H3/b13-5-. The number of carbonyl (C=O) groups excluding carboxylic acids is 1. The first-order valence-corrected chi connectivity index (χ1v) is 7.53. The minimum atomic E-state index is -0.736. The number of esters is 1. The van der Waals surface area contributed by atoms with Gasteiger partial charge in [-0.3, -0.25) is 4.79 Å². The average Bonchev–Trinajstić information content (AvgIpc) is 2.52. The van der Waals surface area contributed by atoms with Crippen LogP contribution in [0.5, 0.6) is 5.88 Å². The first kappa shape index (κ1) is 14.8. The molecule has 0 amide bonds. The minimum Gasteiger partial charge on any atom is -0.481 e. The Morgan fingerprint density at radius 1 is 1.41 bits per heavy atom. The van der Waals surface area contributed by atoms with Gasteiger partial charge in [0.05, 0.1) is 19.9 Å². The smallest absolute Gasteiger partial charge is 0.320 e. The predicted octanol–water partition coefficient (Wildman–Crippen LogP) is 2.97. The SMILES string of the molecule is C/C=C1/C2C=C(C)CC1(C(=O)OC)c1ccc(OC)nc1C2. The molecule has 0 spiro atoms. The van der Waals surface area contributed by atoms with Crippen LogP contribution in [0.25, 0.3) is 0 Å². The van der Waals surface area contributed by atoms with Gasteiger partial charge in [-0.15, -0.1) is 0 Å². The van der Waals surface area contributed by atoms with E-state index in [2.05, 4.69) is 24.1 Å². The van der Waals surface area contributed by atoms with E-state index in [0.29, 0.717) is 12.3 Å². The summed E-state index contributed by atoms with van der Waals surface area (Å²) in [6.07, 6.45) is 5.76. The molecule has 116 valence electrons. The van der Waals surface area contributed by atoms with E-state index >= 15 is 0 Å². The maximum atomic E-state index is 12.8. The van der Waals surface area contributed by atoms with Crippen LogP contribution in [0.1, 0.15) is 31.5 Å². The highest BCUT2D eigenvalue weighted by Crippen LogP contribution is 2.52. The zero-order valence-electron chi connectivity index (χ0n) is 13.5. The average molecular weight is 299 g/mol. The maximum Gasteiger partial charge on any atom is 0.320 e. The molecule has 2 unspecified atom stereocenters. The van der Waals surface area contributed by atoms with Gasteiger partial charge in [-0.25, -0.2) is 4.98 Å². The zero-order chi connectivity index (χ0) is 15.9. The molecule has 1 aromatic heterocycles. The molecule has 22 heavy (non-hydrogen) atoms. The summed E-state index contributed by atoms with van der Waals surface area (Å²) < 4.78 is 10.4. The lowest BCUT2D eigenvalue weighted by Gasteiger charge is -2.45. The third-order valence-corrected chi connectivity index (χ3v) is 4.80.